The molecule has 6 heteroatoms. The first-order chi connectivity index (χ1) is 15.6. The third-order valence-electron chi connectivity index (χ3n) is 6.49. The molecule has 0 spiro atoms. The highest BCUT2D eigenvalue weighted by atomic mass is 32.1. The predicted octanol–water partition coefficient (Wildman–Crippen LogP) is 5.96. The van der Waals surface area contributed by atoms with Gasteiger partial charge < -0.3 is 19.5 Å². The first kappa shape index (κ1) is 21.0. The summed E-state index contributed by atoms with van der Waals surface area (Å²) < 4.78 is 8.41. The summed E-state index contributed by atoms with van der Waals surface area (Å²) in [6, 6.07) is 17.0. The Morgan fingerprint density at radius 1 is 1.06 bits per heavy atom. The van der Waals surface area contributed by atoms with Crippen molar-refractivity contribution < 1.29 is 4.74 Å². The molecule has 1 aliphatic carbocycles. The molecular weight excluding hydrogens is 416 g/mol. The normalized spacial score (nSPS) is 21.3. The molecule has 3 aromatic rings. The molecule has 2 fully saturated rings. The van der Waals surface area contributed by atoms with Crippen molar-refractivity contribution in [2.24, 2.45) is 0 Å². The molecule has 1 aliphatic heterocycles. The Morgan fingerprint density at radius 2 is 1.84 bits per heavy atom. The molecule has 3 heterocycles. The maximum atomic E-state index is 6.17. The largest absolute Gasteiger partial charge is 0.490 e. The van der Waals surface area contributed by atoms with E-state index in [9.17, 15) is 0 Å². The molecule has 2 aromatic heterocycles. The minimum Gasteiger partial charge on any atom is -0.490 e. The van der Waals surface area contributed by atoms with Crippen LogP contribution in [0.2, 0.25) is 0 Å². The van der Waals surface area contributed by atoms with Crippen LogP contribution in [0.5, 0.6) is 5.75 Å². The Kier molecular flexibility index (Phi) is 5.87. The monoisotopic (exact) mass is 446 g/mol. The van der Waals surface area contributed by atoms with E-state index in [1.807, 2.05) is 18.3 Å². The molecule has 0 bridgehead atoms. The highest BCUT2D eigenvalue weighted by molar-refractivity contribution is 7.80. The van der Waals surface area contributed by atoms with Crippen LogP contribution in [0.4, 0.5) is 5.69 Å². The number of nitrogens with zero attached hydrogens (tertiary/aromatic N) is 3. The molecule has 2 aliphatic rings. The lowest BCUT2D eigenvalue weighted by Crippen LogP contribution is -2.29. The van der Waals surface area contributed by atoms with Gasteiger partial charge in [-0.25, -0.2) is 0 Å². The number of nitrogens with one attached hydrogen (secondary N) is 1. The fourth-order valence-corrected chi connectivity index (χ4v) is 5.13. The van der Waals surface area contributed by atoms with Crippen molar-refractivity contribution in [3.05, 3.63) is 78.4 Å². The zero-order valence-electron chi connectivity index (χ0n) is 18.6. The van der Waals surface area contributed by atoms with E-state index in [0.717, 1.165) is 30.0 Å². The Labute approximate surface area is 195 Å². The van der Waals surface area contributed by atoms with Crippen molar-refractivity contribution in [1.29, 1.82) is 0 Å². The summed E-state index contributed by atoms with van der Waals surface area (Å²) in [5.41, 5.74) is 3.26. The van der Waals surface area contributed by atoms with Gasteiger partial charge in [0.2, 0.25) is 0 Å². The third-order valence-corrected chi connectivity index (χ3v) is 6.81. The number of hydrogen-bond donors (Lipinski definition) is 1. The summed E-state index contributed by atoms with van der Waals surface area (Å²) in [5.74, 6) is 0.933. The van der Waals surface area contributed by atoms with E-state index in [1.54, 1.807) is 0 Å². The van der Waals surface area contributed by atoms with Gasteiger partial charge in [-0.1, -0.05) is 6.07 Å². The predicted molar refractivity (Wildman–Crippen MR) is 132 cm³/mol. The van der Waals surface area contributed by atoms with Crippen LogP contribution in [0.3, 0.4) is 0 Å². The summed E-state index contributed by atoms with van der Waals surface area (Å²) in [6.07, 6.45) is 11.4. The van der Waals surface area contributed by atoms with E-state index in [2.05, 4.69) is 82.4 Å². The topological polar surface area (TPSA) is 42.3 Å². The van der Waals surface area contributed by atoms with Crippen LogP contribution < -0.4 is 15.0 Å². The van der Waals surface area contributed by atoms with E-state index in [0.29, 0.717) is 17.3 Å². The SMILES string of the molecule is CC(C)n1ccc([C@@H]2[C@@H](c3ccccn3)NC(=S)N2c2ccc(OC3CCCC3)cc2)c1. The number of anilines is 1. The van der Waals surface area contributed by atoms with Gasteiger partial charge in [0.05, 0.1) is 23.9 Å². The van der Waals surface area contributed by atoms with Crippen LogP contribution in [0, 0.1) is 0 Å². The second-order valence-corrected chi connectivity index (χ2v) is 9.39. The van der Waals surface area contributed by atoms with Crippen molar-refractivity contribution in [3.8, 4) is 5.75 Å². The van der Waals surface area contributed by atoms with Gasteiger partial charge in [0.1, 0.15) is 5.75 Å². The zero-order valence-corrected chi connectivity index (χ0v) is 19.5. The lowest BCUT2D eigenvalue weighted by Gasteiger charge is -2.27. The number of hydrogen-bond acceptors (Lipinski definition) is 3. The number of rotatable bonds is 6. The van der Waals surface area contributed by atoms with Crippen LogP contribution >= 0.6 is 12.2 Å². The molecular formula is C26H30N4OS. The van der Waals surface area contributed by atoms with Crippen LogP contribution in [0.1, 0.15) is 68.9 Å². The van der Waals surface area contributed by atoms with Gasteiger partial charge in [0.25, 0.3) is 0 Å². The molecule has 0 unspecified atom stereocenters. The second kappa shape index (κ2) is 8.94. The zero-order chi connectivity index (χ0) is 22.1. The fraction of sp³-hybridized carbons (Fsp3) is 0.385. The smallest absolute Gasteiger partial charge is 0.174 e. The van der Waals surface area contributed by atoms with E-state index < -0.39 is 0 Å². The van der Waals surface area contributed by atoms with E-state index in [-0.39, 0.29) is 12.1 Å². The van der Waals surface area contributed by atoms with Gasteiger partial charge in [-0.3, -0.25) is 4.98 Å². The van der Waals surface area contributed by atoms with Gasteiger partial charge >= 0.3 is 0 Å². The maximum absolute atomic E-state index is 6.17. The lowest BCUT2D eigenvalue weighted by molar-refractivity contribution is 0.210. The minimum absolute atomic E-state index is 0.0130. The molecule has 1 aromatic carbocycles. The number of benzene rings is 1. The molecule has 0 amide bonds. The Morgan fingerprint density at radius 3 is 2.50 bits per heavy atom. The summed E-state index contributed by atoms with van der Waals surface area (Å²) in [5, 5.41) is 4.25. The molecule has 5 rings (SSSR count). The molecule has 1 saturated heterocycles. The van der Waals surface area contributed by atoms with E-state index in [1.165, 1.54) is 18.4 Å². The summed E-state index contributed by atoms with van der Waals surface area (Å²) in [6.45, 7) is 4.39. The van der Waals surface area contributed by atoms with Gasteiger partial charge in [-0.2, -0.15) is 0 Å². The Bertz CT molecular complexity index is 1060. The number of pyridine rings is 1. The lowest BCUT2D eigenvalue weighted by atomic mass is 9.98. The number of ether oxygens (including phenoxy) is 1. The Hall–Kier alpha value is -2.86. The average molecular weight is 447 g/mol. The van der Waals surface area contributed by atoms with E-state index in [4.69, 9.17) is 17.0 Å². The number of thiocarbonyl (C=S) groups is 1. The van der Waals surface area contributed by atoms with E-state index >= 15 is 0 Å². The van der Waals surface area contributed by atoms with Crippen molar-refractivity contribution in [2.45, 2.75) is 63.8 Å². The van der Waals surface area contributed by atoms with Gasteiger partial charge in [0.15, 0.2) is 5.11 Å². The van der Waals surface area contributed by atoms with Crippen molar-refractivity contribution in [1.82, 2.24) is 14.9 Å². The first-order valence-corrected chi connectivity index (χ1v) is 12.0. The number of aromatic nitrogens is 2. The average Bonchev–Trinajstić information content (AvgIpc) is 3.55. The summed E-state index contributed by atoms with van der Waals surface area (Å²) in [4.78, 5) is 6.85. The summed E-state index contributed by atoms with van der Waals surface area (Å²) in [7, 11) is 0. The fourth-order valence-electron chi connectivity index (χ4n) is 4.78. The van der Waals surface area contributed by atoms with Crippen LogP contribution in [0.25, 0.3) is 0 Å². The molecule has 1 saturated carbocycles. The molecule has 5 nitrogen and oxygen atoms in total. The van der Waals surface area contributed by atoms with Crippen molar-refractivity contribution in [2.75, 3.05) is 4.90 Å². The van der Waals surface area contributed by atoms with Crippen LogP contribution in [-0.4, -0.2) is 20.8 Å². The third kappa shape index (κ3) is 4.11. The van der Waals surface area contributed by atoms with Crippen LogP contribution in [-0.2, 0) is 0 Å². The van der Waals surface area contributed by atoms with Gasteiger partial charge in [0, 0.05) is 30.3 Å². The van der Waals surface area contributed by atoms with Crippen molar-refractivity contribution >= 4 is 23.0 Å². The van der Waals surface area contributed by atoms with Gasteiger partial charge in [-0.15, -0.1) is 0 Å². The van der Waals surface area contributed by atoms with Crippen molar-refractivity contribution in [3.63, 3.8) is 0 Å². The first-order valence-electron chi connectivity index (χ1n) is 11.5. The molecule has 0 radical (unpaired) electrons. The second-order valence-electron chi connectivity index (χ2n) is 9.00. The molecule has 166 valence electrons. The molecule has 2 atom stereocenters. The summed E-state index contributed by atoms with van der Waals surface area (Å²) >= 11 is 5.83. The quantitative estimate of drug-likeness (QED) is 0.473. The molecule has 32 heavy (non-hydrogen) atoms. The minimum atomic E-state index is -0.0267. The highest BCUT2D eigenvalue weighted by Gasteiger charge is 2.41. The molecule has 1 N–H and O–H groups in total. The standard InChI is InChI=1S/C26H30N4OS/c1-18(2)29-16-14-19(17-29)25-24(23-9-5-6-15-27-23)28-26(32)30(25)20-10-12-22(13-11-20)31-21-7-3-4-8-21/h5-6,9-18,21,24-25H,3-4,7-8H2,1-2H3,(H,28,32)/t24-,25-/m1/s1. The van der Waals surface area contributed by atoms with Crippen LogP contribution in [0.15, 0.2) is 67.1 Å². The maximum Gasteiger partial charge on any atom is 0.174 e. The Balaban J connectivity index is 1.48. The van der Waals surface area contributed by atoms with Gasteiger partial charge in [-0.05, 0) is 99.8 Å². The highest BCUT2D eigenvalue weighted by Crippen LogP contribution is 2.42.